The van der Waals surface area contributed by atoms with Crippen LogP contribution in [0.1, 0.15) is 50.2 Å². The number of carbonyl (C=O) groups is 2. The number of carbonyl (C=O) groups excluding carboxylic acids is 2. The third-order valence-electron chi connectivity index (χ3n) is 6.33. The van der Waals surface area contributed by atoms with Gasteiger partial charge in [0.1, 0.15) is 0 Å². The molecule has 6 heteroatoms. The van der Waals surface area contributed by atoms with Crippen LogP contribution in [0.15, 0.2) is 87.8 Å². The van der Waals surface area contributed by atoms with Crippen molar-refractivity contribution in [3.05, 3.63) is 110 Å². The molecule has 1 N–H and O–H groups in total. The van der Waals surface area contributed by atoms with Gasteiger partial charge < -0.3 is 10.1 Å². The quantitative estimate of drug-likeness (QED) is 0.204. The molecule has 3 aromatic rings. The minimum absolute atomic E-state index is 0.201. The van der Waals surface area contributed by atoms with Crippen LogP contribution in [0, 0.1) is 5.92 Å². The van der Waals surface area contributed by atoms with E-state index in [0.717, 1.165) is 26.6 Å². The second-order valence-corrected chi connectivity index (χ2v) is 10.2. The van der Waals surface area contributed by atoms with Gasteiger partial charge >= 0.3 is 5.97 Å². The number of hydrogen-bond acceptors (Lipinski definition) is 4. The fourth-order valence-corrected chi connectivity index (χ4v) is 5.18. The molecule has 166 valence electrons. The van der Waals surface area contributed by atoms with Crippen LogP contribution in [0.25, 0.3) is 0 Å². The van der Waals surface area contributed by atoms with Crippen molar-refractivity contribution in [1.82, 2.24) is 0 Å². The lowest BCUT2D eigenvalue weighted by atomic mass is 9.76. The highest BCUT2D eigenvalue weighted by Crippen LogP contribution is 2.50. The zero-order chi connectivity index (χ0) is 22.9. The normalized spacial score (nSPS) is 20.5. The molecule has 0 aromatic heterocycles. The fraction of sp³-hybridized carbons (Fsp3) is 0.185. The first-order chi connectivity index (χ1) is 16.0. The number of ketones is 1. The molecule has 3 aromatic carbocycles. The zero-order valence-corrected chi connectivity index (χ0v) is 20.8. The van der Waals surface area contributed by atoms with Crippen molar-refractivity contribution in [3.8, 4) is 0 Å². The Morgan fingerprint density at radius 2 is 1.58 bits per heavy atom. The predicted molar refractivity (Wildman–Crippen MR) is 136 cm³/mol. The van der Waals surface area contributed by atoms with Gasteiger partial charge in [0.2, 0.25) is 0 Å². The first-order valence-electron chi connectivity index (χ1n) is 10.8. The zero-order valence-electron chi connectivity index (χ0n) is 17.6. The van der Waals surface area contributed by atoms with Crippen molar-refractivity contribution in [1.29, 1.82) is 0 Å². The van der Waals surface area contributed by atoms with Gasteiger partial charge in [-0.2, -0.15) is 0 Å². The van der Waals surface area contributed by atoms with Crippen LogP contribution in [0.4, 0.5) is 5.69 Å². The van der Waals surface area contributed by atoms with Gasteiger partial charge in [-0.25, -0.2) is 4.79 Å². The number of anilines is 1. The first-order valence-corrected chi connectivity index (χ1v) is 12.4. The minimum atomic E-state index is -0.489. The summed E-state index contributed by atoms with van der Waals surface area (Å²) in [7, 11) is 0. The largest absolute Gasteiger partial charge is 0.454 e. The Labute approximate surface area is 209 Å². The van der Waals surface area contributed by atoms with E-state index in [9.17, 15) is 9.59 Å². The number of halogens is 2. The molecule has 0 saturated carbocycles. The van der Waals surface area contributed by atoms with Crippen LogP contribution < -0.4 is 5.32 Å². The third-order valence-corrected chi connectivity index (χ3v) is 7.39. The Morgan fingerprint density at radius 1 is 0.909 bits per heavy atom. The van der Waals surface area contributed by atoms with Crippen LogP contribution in [0.5, 0.6) is 0 Å². The third kappa shape index (κ3) is 4.55. The molecule has 33 heavy (non-hydrogen) atoms. The molecule has 0 spiro atoms. The first kappa shape index (κ1) is 22.1. The maximum Gasteiger partial charge on any atom is 0.338 e. The summed E-state index contributed by atoms with van der Waals surface area (Å²) in [5, 5.41) is 3.68. The molecule has 1 aliphatic heterocycles. The number of Topliss-reactive ketones (excluding diaryl/α,β-unsaturated/α-hetero) is 1. The van der Waals surface area contributed by atoms with E-state index >= 15 is 0 Å². The number of nitrogens with one attached hydrogen (secondary N) is 1. The number of rotatable bonds is 5. The molecular weight excluding hydrogens is 546 g/mol. The van der Waals surface area contributed by atoms with Crippen molar-refractivity contribution in [3.63, 3.8) is 0 Å². The van der Waals surface area contributed by atoms with E-state index in [1.165, 1.54) is 5.56 Å². The number of esters is 1. The van der Waals surface area contributed by atoms with Gasteiger partial charge in [-0.3, -0.25) is 4.79 Å². The Hall–Kier alpha value is -2.70. The topological polar surface area (TPSA) is 55.4 Å². The molecule has 5 rings (SSSR count). The highest BCUT2D eigenvalue weighted by Gasteiger charge is 2.38. The van der Waals surface area contributed by atoms with Gasteiger partial charge in [-0.15, -0.1) is 0 Å². The van der Waals surface area contributed by atoms with E-state index in [2.05, 4.69) is 73.6 Å². The number of ether oxygens (including phenoxy) is 1. The van der Waals surface area contributed by atoms with Gasteiger partial charge in [-0.05, 0) is 65.9 Å². The van der Waals surface area contributed by atoms with Crippen molar-refractivity contribution in [2.75, 3.05) is 11.9 Å². The van der Waals surface area contributed by atoms with Crippen LogP contribution in [-0.4, -0.2) is 18.4 Å². The molecule has 1 heterocycles. The van der Waals surface area contributed by atoms with Gasteiger partial charge in [-0.1, -0.05) is 68.3 Å². The van der Waals surface area contributed by atoms with E-state index in [1.54, 1.807) is 30.3 Å². The lowest BCUT2D eigenvalue weighted by molar-refractivity contribution is 0.0474. The second kappa shape index (κ2) is 9.27. The van der Waals surface area contributed by atoms with Crippen molar-refractivity contribution >= 4 is 49.3 Å². The Bertz CT molecular complexity index is 1240. The standard InChI is InChI=1S/C27H21Br2NO3/c28-19-9-4-16(5-10-19)25(31)15-33-27(32)18-8-13-24-23(14-18)21-2-1-3-22(21)26(30-24)17-6-11-20(29)12-7-17/h1-2,4-14,21-22,26,30H,3,15H2/t21-,22-,26-/m0/s1. The summed E-state index contributed by atoms with van der Waals surface area (Å²) in [6.45, 7) is -0.284. The van der Waals surface area contributed by atoms with Crippen LogP contribution >= 0.6 is 31.9 Å². The molecule has 2 aliphatic rings. The number of allylic oxidation sites excluding steroid dienone is 2. The molecule has 3 atom stereocenters. The van der Waals surface area contributed by atoms with Crippen molar-refractivity contribution in [2.45, 2.75) is 18.4 Å². The van der Waals surface area contributed by atoms with Crippen molar-refractivity contribution < 1.29 is 14.3 Å². The molecule has 0 radical (unpaired) electrons. The lowest BCUT2D eigenvalue weighted by Crippen LogP contribution is -2.29. The van der Waals surface area contributed by atoms with Gasteiger partial charge in [0.25, 0.3) is 0 Å². The SMILES string of the molecule is O=C(COC(=O)c1ccc2c(c1)[C@H]1C=CC[C@@H]1[C@H](c1ccc(Br)cc1)N2)c1ccc(Br)cc1. The molecule has 0 saturated heterocycles. The van der Waals surface area contributed by atoms with Gasteiger partial charge in [0, 0.05) is 26.1 Å². The summed E-state index contributed by atoms with van der Waals surface area (Å²) in [5.74, 6) is -0.112. The summed E-state index contributed by atoms with van der Waals surface area (Å²) >= 11 is 6.86. The summed E-state index contributed by atoms with van der Waals surface area (Å²) in [6.07, 6.45) is 5.44. The molecular formula is C27H21Br2NO3. The molecule has 4 nitrogen and oxygen atoms in total. The number of fused-ring (bicyclic) bond motifs is 3. The minimum Gasteiger partial charge on any atom is -0.454 e. The molecule has 0 amide bonds. The fourth-order valence-electron chi connectivity index (χ4n) is 4.66. The molecule has 0 fully saturated rings. The van der Waals surface area contributed by atoms with Gasteiger partial charge in [0.05, 0.1) is 11.6 Å². The summed E-state index contributed by atoms with van der Waals surface area (Å²) < 4.78 is 7.29. The van der Waals surface area contributed by atoms with E-state index in [4.69, 9.17) is 4.74 Å². The second-order valence-electron chi connectivity index (χ2n) is 8.34. The summed E-state index contributed by atoms with van der Waals surface area (Å²) in [5.41, 5.74) is 4.34. The Morgan fingerprint density at radius 3 is 2.30 bits per heavy atom. The maximum atomic E-state index is 12.7. The van der Waals surface area contributed by atoms with Crippen molar-refractivity contribution in [2.24, 2.45) is 5.92 Å². The Balaban J connectivity index is 1.33. The smallest absolute Gasteiger partial charge is 0.338 e. The summed E-state index contributed by atoms with van der Waals surface area (Å²) in [6, 6.07) is 21.2. The van der Waals surface area contributed by atoms with Gasteiger partial charge in [0.15, 0.2) is 12.4 Å². The summed E-state index contributed by atoms with van der Waals surface area (Å²) in [4.78, 5) is 25.1. The average molecular weight is 567 g/mol. The van der Waals surface area contributed by atoms with E-state index in [0.29, 0.717) is 17.0 Å². The highest BCUT2D eigenvalue weighted by atomic mass is 79.9. The number of hydrogen-bond donors (Lipinski definition) is 1. The Kier molecular flexibility index (Phi) is 6.21. The molecule has 0 unspecified atom stereocenters. The molecule has 1 aliphatic carbocycles. The maximum absolute atomic E-state index is 12.7. The van der Waals surface area contributed by atoms with E-state index in [1.807, 2.05) is 12.1 Å². The number of benzene rings is 3. The van der Waals surface area contributed by atoms with Crippen LogP contribution in [0.3, 0.4) is 0 Å². The monoisotopic (exact) mass is 565 g/mol. The van der Waals surface area contributed by atoms with E-state index in [-0.39, 0.29) is 24.3 Å². The average Bonchev–Trinajstić information content (AvgIpc) is 3.33. The molecule has 0 bridgehead atoms. The lowest BCUT2D eigenvalue weighted by Gasteiger charge is -2.37. The van der Waals surface area contributed by atoms with Crippen LogP contribution in [0.2, 0.25) is 0 Å². The van der Waals surface area contributed by atoms with Crippen LogP contribution in [-0.2, 0) is 4.74 Å². The van der Waals surface area contributed by atoms with E-state index < -0.39 is 5.97 Å². The highest BCUT2D eigenvalue weighted by molar-refractivity contribution is 9.10. The predicted octanol–water partition coefficient (Wildman–Crippen LogP) is 7.08.